The molecule has 1 rings (SSSR count). The van der Waals surface area contributed by atoms with Crippen molar-refractivity contribution in [2.24, 2.45) is 0 Å². The summed E-state index contributed by atoms with van der Waals surface area (Å²) in [4.78, 5) is 11.4. The van der Waals surface area contributed by atoms with Crippen molar-refractivity contribution < 1.29 is 9.53 Å². The first-order chi connectivity index (χ1) is 7.29. The third-order valence-corrected chi connectivity index (χ3v) is 3.07. The Morgan fingerprint density at radius 3 is 2.13 bits per heavy atom. The second-order valence-electron chi connectivity index (χ2n) is 4.67. The second-order valence-corrected chi connectivity index (χ2v) is 4.67. The van der Waals surface area contributed by atoms with Crippen molar-refractivity contribution >= 4 is 5.97 Å². The van der Waals surface area contributed by atoms with Crippen molar-refractivity contribution in [3.8, 4) is 0 Å². The third-order valence-electron chi connectivity index (χ3n) is 3.07. The fraction of sp³-hybridized carbons (Fsp3) is 0.923. The molecule has 1 aliphatic heterocycles. The zero-order valence-electron chi connectivity index (χ0n) is 9.96. The zero-order valence-corrected chi connectivity index (χ0v) is 9.96. The fourth-order valence-corrected chi connectivity index (χ4v) is 2.10. The summed E-state index contributed by atoms with van der Waals surface area (Å²) in [5.41, 5.74) is 0. The summed E-state index contributed by atoms with van der Waals surface area (Å²) in [6, 6.07) is 0. The van der Waals surface area contributed by atoms with Crippen LogP contribution < -0.4 is 0 Å². The van der Waals surface area contributed by atoms with E-state index in [-0.39, 0.29) is 12.1 Å². The van der Waals surface area contributed by atoms with E-state index in [1.807, 2.05) is 6.92 Å². The van der Waals surface area contributed by atoms with E-state index >= 15 is 0 Å². The molecule has 0 aromatic carbocycles. The maximum absolute atomic E-state index is 11.4. The average molecular weight is 212 g/mol. The Morgan fingerprint density at radius 1 is 0.933 bits per heavy atom. The number of hydrogen-bond acceptors (Lipinski definition) is 2. The Labute approximate surface area is 93.4 Å². The smallest absolute Gasteiger partial charge is 0.306 e. The van der Waals surface area contributed by atoms with Gasteiger partial charge in [0, 0.05) is 6.42 Å². The minimum atomic E-state index is 0.00162. The highest BCUT2D eigenvalue weighted by molar-refractivity contribution is 5.69. The van der Waals surface area contributed by atoms with Gasteiger partial charge in [0.25, 0.3) is 0 Å². The van der Waals surface area contributed by atoms with E-state index in [1.165, 1.54) is 44.9 Å². The van der Waals surface area contributed by atoms with Gasteiger partial charge in [-0.1, -0.05) is 38.5 Å². The highest BCUT2D eigenvalue weighted by atomic mass is 16.5. The first-order valence-electron chi connectivity index (χ1n) is 6.48. The molecule has 15 heavy (non-hydrogen) atoms. The SMILES string of the molecule is C[C@@H]1CCCCCCCCCCC(=O)O1. The molecule has 0 bridgehead atoms. The van der Waals surface area contributed by atoms with Gasteiger partial charge in [0.05, 0.1) is 6.10 Å². The highest BCUT2D eigenvalue weighted by Crippen LogP contribution is 2.14. The lowest BCUT2D eigenvalue weighted by atomic mass is 10.1. The highest BCUT2D eigenvalue weighted by Gasteiger charge is 2.09. The van der Waals surface area contributed by atoms with E-state index in [2.05, 4.69) is 0 Å². The molecule has 0 unspecified atom stereocenters. The molecule has 2 nitrogen and oxygen atoms in total. The number of rotatable bonds is 0. The first kappa shape index (κ1) is 12.5. The van der Waals surface area contributed by atoms with Crippen molar-refractivity contribution in [1.29, 1.82) is 0 Å². The van der Waals surface area contributed by atoms with Crippen molar-refractivity contribution in [3.63, 3.8) is 0 Å². The minimum absolute atomic E-state index is 0.00162. The van der Waals surface area contributed by atoms with E-state index in [0.717, 1.165) is 12.8 Å². The van der Waals surface area contributed by atoms with E-state index in [4.69, 9.17) is 4.74 Å². The van der Waals surface area contributed by atoms with Crippen LogP contribution in [0.3, 0.4) is 0 Å². The molecular formula is C13H24O2. The van der Waals surface area contributed by atoms with E-state index < -0.39 is 0 Å². The topological polar surface area (TPSA) is 26.3 Å². The van der Waals surface area contributed by atoms with Gasteiger partial charge >= 0.3 is 5.97 Å². The lowest BCUT2D eigenvalue weighted by Crippen LogP contribution is -2.14. The summed E-state index contributed by atoms with van der Waals surface area (Å²) in [5.74, 6) is 0.00162. The number of ether oxygens (including phenoxy) is 1. The third kappa shape index (κ3) is 6.53. The van der Waals surface area contributed by atoms with Crippen molar-refractivity contribution in [3.05, 3.63) is 0 Å². The molecule has 0 aliphatic carbocycles. The molecule has 2 heteroatoms. The normalized spacial score (nSPS) is 27.0. The molecule has 1 aliphatic rings. The van der Waals surface area contributed by atoms with Gasteiger partial charge in [-0.3, -0.25) is 4.79 Å². The van der Waals surface area contributed by atoms with Gasteiger partial charge in [-0.25, -0.2) is 0 Å². The molecule has 0 saturated carbocycles. The van der Waals surface area contributed by atoms with Gasteiger partial charge < -0.3 is 4.74 Å². The largest absolute Gasteiger partial charge is 0.463 e. The number of cyclic esters (lactones) is 1. The molecule has 1 heterocycles. The lowest BCUT2D eigenvalue weighted by molar-refractivity contribution is -0.148. The van der Waals surface area contributed by atoms with Gasteiger partial charge in [-0.05, 0) is 26.2 Å². The number of carbonyl (C=O) groups is 1. The van der Waals surface area contributed by atoms with Gasteiger partial charge in [-0.2, -0.15) is 0 Å². The number of hydrogen-bond donors (Lipinski definition) is 0. The van der Waals surface area contributed by atoms with Crippen LogP contribution in [0.1, 0.15) is 71.1 Å². The first-order valence-corrected chi connectivity index (χ1v) is 6.48. The Balaban J connectivity index is 2.26. The molecule has 1 atom stereocenters. The minimum Gasteiger partial charge on any atom is -0.463 e. The van der Waals surface area contributed by atoms with Crippen LogP contribution in [0.2, 0.25) is 0 Å². The van der Waals surface area contributed by atoms with Crippen LogP contribution in [0.15, 0.2) is 0 Å². The Bertz CT molecular complexity index is 177. The van der Waals surface area contributed by atoms with Gasteiger partial charge in [0.2, 0.25) is 0 Å². The quantitative estimate of drug-likeness (QED) is 0.570. The van der Waals surface area contributed by atoms with Crippen LogP contribution in [-0.4, -0.2) is 12.1 Å². The fourth-order valence-electron chi connectivity index (χ4n) is 2.10. The lowest BCUT2D eigenvalue weighted by Gasteiger charge is -2.12. The van der Waals surface area contributed by atoms with E-state index in [0.29, 0.717) is 6.42 Å². The maximum Gasteiger partial charge on any atom is 0.306 e. The van der Waals surface area contributed by atoms with Crippen LogP contribution in [0.5, 0.6) is 0 Å². The van der Waals surface area contributed by atoms with Gasteiger partial charge in [0.15, 0.2) is 0 Å². The van der Waals surface area contributed by atoms with Crippen LogP contribution >= 0.6 is 0 Å². The standard InChI is InChI=1S/C13H24O2/c1-12-10-8-6-4-2-3-5-7-9-11-13(14)15-12/h12H,2-11H2,1H3/t12-/m1/s1. The molecule has 0 aromatic rings. The number of carbonyl (C=O) groups excluding carboxylic acids is 1. The average Bonchev–Trinajstić information content (AvgIpc) is 2.21. The van der Waals surface area contributed by atoms with Crippen LogP contribution in [-0.2, 0) is 9.53 Å². The predicted molar refractivity (Wildman–Crippen MR) is 61.7 cm³/mol. The maximum atomic E-state index is 11.4. The Morgan fingerprint density at radius 2 is 1.47 bits per heavy atom. The van der Waals surface area contributed by atoms with E-state index in [1.54, 1.807) is 0 Å². The molecule has 0 amide bonds. The van der Waals surface area contributed by atoms with Crippen molar-refractivity contribution in [1.82, 2.24) is 0 Å². The van der Waals surface area contributed by atoms with Crippen molar-refractivity contribution in [2.45, 2.75) is 77.2 Å². The van der Waals surface area contributed by atoms with Gasteiger partial charge in [0.1, 0.15) is 0 Å². The Hall–Kier alpha value is -0.530. The monoisotopic (exact) mass is 212 g/mol. The van der Waals surface area contributed by atoms with Gasteiger partial charge in [-0.15, -0.1) is 0 Å². The summed E-state index contributed by atoms with van der Waals surface area (Å²) in [7, 11) is 0. The summed E-state index contributed by atoms with van der Waals surface area (Å²) in [6.45, 7) is 2.01. The summed E-state index contributed by atoms with van der Waals surface area (Å²) in [6.07, 6.45) is 11.8. The molecule has 1 fully saturated rings. The van der Waals surface area contributed by atoms with Crippen molar-refractivity contribution in [2.75, 3.05) is 0 Å². The molecule has 88 valence electrons. The number of esters is 1. The van der Waals surface area contributed by atoms with Crippen LogP contribution in [0.25, 0.3) is 0 Å². The molecule has 0 N–H and O–H groups in total. The zero-order chi connectivity index (χ0) is 10.9. The molecule has 1 saturated heterocycles. The summed E-state index contributed by atoms with van der Waals surface area (Å²) >= 11 is 0. The molecule has 0 aromatic heterocycles. The molecular weight excluding hydrogens is 188 g/mol. The summed E-state index contributed by atoms with van der Waals surface area (Å²) < 4.78 is 5.32. The predicted octanol–water partition coefficient (Wildman–Crippen LogP) is 3.83. The summed E-state index contributed by atoms with van der Waals surface area (Å²) in [5, 5.41) is 0. The molecule has 0 spiro atoms. The Kier molecular flexibility index (Phi) is 6.45. The van der Waals surface area contributed by atoms with Crippen LogP contribution in [0, 0.1) is 0 Å². The van der Waals surface area contributed by atoms with Crippen LogP contribution in [0.4, 0.5) is 0 Å². The second kappa shape index (κ2) is 7.72. The molecule has 0 radical (unpaired) electrons. The van der Waals surface area contributed by atoms with E-state index in [9.17, 15) is 4.79 Å².